The molecule has 0 aliphatic rings. The highest BCUT2D eigenvalue weighted by Gasteiger charge is 2.30. The maximum Gasteiger partial charge on any atom is 0.402 e. The van der Waals surface area contributed by atoms with Crippen LogP contribution in [0.25, 0.3) is 0 Å². The quantitative estimate of drug-likeness (QED) is 0.528. The molecule has 11 heteroatoms. The number of halogens is 3. The van der Waals surface area contributed by atoms with E-state index in [1.165, 1.54) is 16.9 Å². The monoisotopic (exact) mass is 465 g/mol. The lowest BCUT2D eigenvalue weighted by atomic mass is 10.2. The van der Waals surface area contributed by atoms with Crippen molar-refractivity contribution in [1.29, 1.82) is 0 Å². The number of nitrogens with one attached hydrogen (secondary N) is 2. The van der Waals surface area contributed by atoms with E-state index in [0.717, 1.165) is 17.7 Å². The molecule has 0 unspecified atom stereocenters. The first-order valence-corrected chi connectivity index (χ1v) is 10.7. The smallest absolute Gasteiger partial charge is 0.402 e. The molecular weight excluding hydrogens is 447 g/mol. The molecular formula is C21H18F3N3O4S. The molecule has 0 fully saturated rings. The van der Waals surface area contributed by atoms with Crippen molar-refractivity contribution in [3.8, 4) is 5.75 Å². The van der Waals surface area contributed by atoms with Gasteiger partial charge in [-0.2, -0.15) is 13.2 Å². The first kappa shape index (κ1) is 23.2. The van der Waals surface area contributed by atoms with Crippen molar-refractivity contribution in [2.45, 2.75) is 17.7 Å². The fourth-order valence-electron chi connectivity index (χ4n) is 2.56. The molecule has 3 aromatic rings. The molecule has 0 aliphatic heterocycles. The third kappa shape index (κ3) is 6.79. The number of carbonyl (C=O) groups excluding carboxylic acids is 1. The minimum Gasteiger partial charge on any atom is -0.489 e. The Morgan fingerprint density at radius 3 is 2.44 bits per heavy atom. The number of hydrogen-bond acceptors (Lipinski definition) is 5. The molecule has 1 amide bonds. The number of rotatable bonds is 8. The van der Waals surface area contributed by atoms with Crippen LogP contribution in [0.1, 0.15) is 15.9 Å². The summed E-state index contributed by atoms with van der Waals surface area (Å²) in [5.41, 5.74) is 1.44. The number of carbonyl (C=O) groups is 1. The number of anilines is 1. The molecule has 0 radical (unpaired) electrons. The van der Waals surface area contributed by atoms with Gasteiger partial charge in [-0.1, -0.05) is 12.1 Å². The van der Waals surface area contributed by atoms with Gasteiger partial charge in [0.05, 0.1) is 4.90 Å². The average Bonchev–Trinajstić information content (AvgIpc) is 2.77. The second-order valence-electron chi connectivity index (χ2n) is 6.60. The molecule has 168 valence electrons. The minimum atomic E-state index is -4.67. The van der Waals surface area contributed by atoms with Crippen LogP contribution in [0.3, 0.4) is 0 Å². The summed E-state index contributed by atoms with van der Waals surface area (Å²) in [6.45, 7) is -1.40. The lowest BCUT2D eigenvalue weighted by Gasteiger charge is -2.11. The minimum absolute atomic E-state index is 0.270. The van der Waals surface area contributed by atoms with E-state index in [2.05, 4.69) is 10.3 Å². The van der Waals surface area contributed by atoms with E-state index in [9.17, 15) is 26.4 Å². The third-order valence-electron chi connectivity index (χ3n) is 4.11. The summed E-state index contributed by atoms with van der Waals surface area (Å²) in [6, 6.07) is 14.9. The standard InChI is InChI=1S/C21H18F3N3O4S/c22-21(23,24)14-26-32(29,30)19-8-6-17(7-9-19)27-20(28)16-4-1-5-18(11-16)31-13-15-3-2-10-25-12-15/h1-12,26H,13-14H2,(H,27,28). The van der Waals surface area contributed by atoms with Crippen molar-refractivity contribution in [3.63, 3.8) is 0 Å². The van der Waals surface area contributed by atoms with E-state index in [1.54, 1.807) is 42.7 Å². The molecule has 7 nitrogen and oxygen atoms in total. The Kier molecular flexibility index (Phi) is 7.11. The van der Waals surface area contributed by atoms with Gasteiger partial charge in [0.25, 0.3) is 5.91 Å². The highest BCUT2D eigenvalue weighted by molar-refractivity contribution is 7.89. The second-order valence-corrected chi connectivity index (χ2v) is 8.36. The summed E-state index contributed by atoms with van der Waals surface area (Å²) in [5.74, 6) is 0.00122. The summed E-state index contributed by atoms with van der Waals surface area (Å²) in [5, 5.41) is 2.59. The number of hydrogen-bond donors (Lipinski definition) is 2. The summed E-state index contributed by atoms with van der Waals surface area (Å²) in [7, 11) is -4.33. The lowest BCUT2D eigenvalue weighted by Crippen LogP contribution is -2.33. The Labute approximate surface area is 182 Å². The Bertz CT molecular complexity index is 1170. The molecule has 2 aromatic carbocycles. The van der Waals surface area contributed by atoms with Crippen molar-refractivity contribution in [2.75, 3.05) is 11.9 Å². The number of alkyl halides is 3. The molecule has 3 rings (SSSR count). The molecule has 0 saturated heterocycles. The van der Waals surface area contributed by atoms with Gasteiger partial charge in [0.1, 0.15) is 18.9 Å². The van der Waals surface area contributed by atoms with E-state index in [4.69, 9.17) is 4.74 Å². The van der Waals surface area contributed by atoms with E-state index in [-0.39, 0.29) is 17.2 Å². The van der Waals surface area contributed by atoms with Gasteiger partial charge in [0.15, 0.2) is 0 Å². The number of amides is 1. The topological polar surface area (TPSA) is 97.4 Å². The average molecular weight is 465 g/mol. The predicted molar refractivity (Wildman–Crippen MR) is 111 cm³/mol. The summed E-state index contributed by atoms with van der Waals surface area (Å²) in [6.07, 6.45) is -1.36. The van der Waals surface area contributed by atoms with Gasteiger partial charge < -0.3 is 10.1 Å². The van der Waals surface area contributed by atoms with Crippen LogP contribution in [0.15, 0.2) is 78.0 Å². The summed E-state index contributed by atoms with van der Waals surface area (Å²) in [4.78, 5) is 16.1. The van der Waals surface area contributed by atoms with E-state index in [0.29, 0.717) is 11.3 Å². The van der Waals surface area contributed by atoms with Crippen LogP contribution in [0.5, 0.6) is 5.75 Å². The van der Waals surface area contributed by atoms with Gasteiger partial charge in [-0.25, -0.2) is 13.1 Å². The van der Waals surface area contributed by atoms with Crippen molar-refractivity contribution < 1.29 is 31.1 Å². The second kappa shape index (κ2) is 9.79. The van der Waals surface area contributed by atoms with Crippen LogP contribution in [-0.4, -0.2) is 32.0 Å². The summed E-state index contributed by atoms with van der Waals surface area (Å²) < 4.78 is 67.7. The fraction of sp³-hybridized carbons (Fsp3) is 0.143. The number of sulfonamides is 1. The SMILES string of the molecule is O=C(Nc1ccc(S(=O)(=O)NCC(F)(F)F)cc1)c1cccc(OCc2cccnc2)c1. The van der Waals surface area contributed by atoms with Gasteiger partial charge in [0.2, 0.25) is 10.0 Å². The summed E-state index contributed by atoms with van der Waals surface area (Å²) >= 11 is 0. The zero-order valence-corrected chi connectivity index (χ0v) is 17.3. The molecule has 1 heterocycles. The normalized spacial score (nSPS) is 11.7. The first-order valence-electron chi connectivity index (χ1n) is 9.22. The van der Waals surface area contributed by atoms with Crippen LogP contribution in [0.2, 0.25) is 0 Å². The van der Waals surface area contributed by atoms with Crippen molar-refractivity contribution in [3.05, 3.63) is 84.2 Å². The van der Waals surface area contributed by atoms with Gasteiger partial charge >= 0.3 is 6.18 Å². The number of benzene rings is 2. The van der Waals surface area contributed by atoms with Crippen LogP contribution in [-0.2, 0) is 16.6 Å². The maximum atomic E-state index is 12.5. The largest absolute Gasteiger partial charge is 0.489 e. The van der Waals surface area contributed by atoms with Gasteiger partial charge in [-0.15, -0.1) is 0 Å². The van der Waals surface area contributed by atoms with Crippen molar-refractivity contribution >= 4 is 21.6 Å². The molecule has 32 heavy (non-hydrogen) atoms. The number of nitrogens with zero attached hydrogens (tertiary/aromatic N) is 1. The lowest BCUT2D eigenvalue weighted by molar-refractivity contribution is -0.121. The van der Waals surface area contributed by atoms with Gasteiger partial charge in [-0.05, 0) is 48.5 Å². The highest BCUT2D eigenvalue weighted by Crippen LogP contribution is 2.19. The highest BCUT2D eigenvalue weighted by atomic mass is 32.2. The Morgan fingerprint density at radius 2 is 1.78 bits per heavy atom. The fourth-order valence-corrected chi connectivity index (χ4v) is 3.57. The molecule has 0 atom stereocenters. The Morgan fingerprint density at radius 1 is 1.03 bits per heavy atom. The molecule has 2 N–H and O–H groups in total. The molecule has 0 spiro atoms. The molecule has 0 saturated carbocycles. The predicted octanol–water partition coefficient (Wildman–Crippen LogP) is 3.75. The van der Waals surface area contributed by atoms with E-state index >= 15 is 0 Å². The van der Waals surface area contributed by atoms with Crippen LogP contribution in [0, 0.1) is 0 Å². The molecule has 0 aliphatic carbocycles. The Hall–Kier alpha value is -3.44. The number of aromatic nitrogens is 1. The molecule has 0 bridgehead atoms. The Balaban J connectivity index is 1.62. The third-order valence-corrected chi connectivity index (χ3v) is 5.53. The zero-order valence-electron chi connectivity index (χ0n) is 16.5. The molecule has 1 aromatic heterocycles. The van der Waals surface area contributed by atoms with Crippen molar-refractivity contribution in [1.82, 2.24) is 9.71 Å². The first-order chi connectivity index (χ1) is 15.1. The number of pyridine rings is 1. The zero-order chi connectivity index (χ0) is 23.2. The van der Waals surface area contributed by atoms with Crippen LogP contribution < -0.4 is 14.8 Å². The van der Waals surface area contributed by atoms with Crippen LogP contribution >= 0.6 is 0 Å². The van der Waals surface area contributed by atoms with Crippen LogP contribution in [0.4, 0.5) is 18.9 Å². The van der Waals surface area contributed by atoms with Crippen molar-refractivity contribution in [2.24, 2.45) is 0 Å². The van der Waals surface area contributed by atoms with Gasteiger partial charge in [-0.3, -0.25) is 9.78 Å². The van der Waals surface area contributed by atoms with E-state index in [1.807, 2.05) is 6.07 Å². The van der Waals surface area contributed by atoms with E-state index < -0.39 is 28.7 Å². The van der Waals surface area contributed by atoms with Gasteiger partial charge in [0, 0.05) is 29.2 Å². The maximum absolute atomic E-state index is 12.5. The number of ether oxygens (including phenoxy) is 1.